The first kappa shape index (κ1) is 22.5. The van der Waals surface area contributed by atoms with Gasteiger partial charge in [0, 0.05) is 42.3 Å². The van der Waals surface area contributed by atoms with Crippen molar-refractivity contribution in [1.29, 1.82) is 0 Å². The molecule has 1 fully saturated rings. The van der Waals surface area contributed by atoms with Gasteiger partial charge in [0.05, 0.1) is 40.9 Å². The van der Waals surface area contributed by atoms with E-state index >= 15 is 0 Å². The van der Waals surface area contributed by atoms with E-state index in [0.29, 0.717) is 45.9 Å². The molecule has 3 N–H and O–H groups in total. The number of methoxy groups -OCH3 is 3. The summed E-state index contributed by atoms with van der Waals surface area (Å²) in [5, 5.41) is 6.59. The SMILES string of the molecule is COc1cc(Nc2nc(Nc3ccc(N4CCOCC4)cc3)c3[nH]cnc3n2)cc(OC)c1OC. The maximum absolute atomic E-state index is 5.45. The number of aromatic amines is 1. The topological polar surface area (TPSA) is 119 Å². The van der Waals surface area contributed by atoms with Crippen LogP contribution in [0.4, 0.5) is 28.8 Å². The number of aromatic nitrogens is 4. The Bertz CT molecular complexity index is 1280. The summed E-state index contributed by atoms with van der Waals surface area (Å²) in [6.45, 7) is 3.29. The van der Waals surface area contributed by atoms with Crippen LogP contribution in [0.2, 0.25) is 0 Å². The van der Waals surface area contributed by atoms with Gasteiger partial charge in [0.15, 0.2) is 23.0 Å². The quantitative estimate of drug-likeness (QED) is 0.347. The molecular weight excluding hydrogens is 450 g/mol. The molecule has 35 heavy (non-hydrogen) atoms. The Balaban J connectivity index is 1.41. The second-order valence-electron chi connectivity index (χ2n) is 7.81. The zero-order chi connectivity index (χ0) is 24.2. The summed E-state index contributed by atoms with van der Waals surface area (Å²) in [6, 6.07) is 11.8. The molecule has 0 aliphatic carbocycles. The fourth-order valence-electron chi connectivity index (χ4n) is 3.98. The summed E-state index contributed by atoms with van der Waals surface area (Å²) in [7, 11) is 4.70. The molecule has 0 spiro atoms. The normalized spacial score (nSPS) is 13.5. The van der Waals surface area contributed by atoms with Crippen molar-refractivity contribution < 1.29 is 18.9 Å². The molecule has 11 heteroatoms. The van der Waals surface area contributed by atoms with Crippen LogP contribution in [0.5, 0.6) is 17.2 Å². The largest absolute Gasteiger partial charge is 0.493 e. The predicted molar refractivity (Wildman–Crippen MR) is 134 cm³/mol. The molecule has 0 amide bonds. The number of fused-ring (bicyclic) bond motifs is 1. The molecule has 11 nitrogen and oxygen atoms in total. The summed E-state index contributed by atoms with van der Waals surface area (Å²) in [5.41, 5.74) is 3.98. The van der Waals surface area contributed by atoms with E-state index in [1.54, 1.807) is 39.8 Å². The van der Waals surface area contributed by atoms with Crippen molar-refractivity contribution in [2.24, 2.45) is 0 Å². The van der Waals surface area contributed by atoms with Crippen LogP contribution in [0.3, 0.4) is 0 Å². The van der Waals surface area contributed by atoms with Crippen LogP contribution in [0.25, 0.3) is 11.2 Å². The Kier molecular flexibility index (Phi) is 6.40. The number of anilines is 5. The van der Waals surface area contributed by atoms with Crippen molar-refractivity contribution in [3.05, 3.63) is 42.7 Å². The average molecular weight is 478 g/mol. The van der Waals surface area contributed by atoms with E-state index in [1.165, 1.54) is 0 Å². The fourth-order valence-corrected chi connectivity index (χ4v) is 3.98. The lowest BCUT2D eigenvalue weighted by atomic mass is 10.2. The van der Waals surface area contributed by atoms with Crippen molar-refractivity contribution >= 4 is 40.0 Å². The highest BCUT2D eigenvalue weighted by molar-refractivity contribution is 5.86. The van der Waals surface area contributed by atoms with Gasteiger partial charge in [-0.2, -0.15) is 9.97 Å². The van der Waals surface area contributed by atoms with E-state index in [-0.39, 0.29) is 0 Å². The van der Waals surface area contributed by atoms with E-state index < -0.39 is 0 Å². The maximum atomic E-state index is 5.45. The minimum Gasteiger partial charge on any atom is -0.493 e. The Hall–Kier alpha value is -4.25. The van der Waals surface area contributed by atoms with Crippen LogP contribution in [-0.2, 0) is 4.74 Å². The third-order valence-electron chi connectivity index (χ3n) is 5.71. The van der Waals surface area contributed by atoms with Gasteiger partial charge < -0.3 is 39.5 Å². The molecular formula is C24H27N7O4. The first-order chi connectivity index (χ1) is 17.2. The standard InChI is InChI=1S/C24H27N7O4/c1-32-18-12-16(13-19(33-2)21(18)34-3)28-24-29-22-20(25-14-26-22)23(30-24)27-15-4-6-17(7-5-15)31-8-10-35-11-9-31/h4-7,12-14H,8-11H2,1-3H3,(H3,25,26,27,28,29,30). The first-order valence-electron chi connectivity index (χ1n) is 11.2. The van der Waals surface area contributed by atoms with E-state index in [1.807, 2.05) is 12.1 Å². The molecule has 0 atom stereocenters. The van der Waals surface area contributed by atoms with Gasteiger partial charge in [0.2, 0.25) is 11.7 Å². The van der Waals surface area contributed by atoms with Crippen LogP contribution >= 0.6 is 0 Å². The smallest absolute Gasteiger partial charge is 0.231 e. The lowest BCUT2D eigenvalue weighted by Crippen LogP contribution is -2.36. The zero-order valence-electron chi connectivity index (χ0n) is 19.8. The number of imidazole rings is 1. The molecule has 2 aromatic heterocycles. The van der Waals surface area contributed by atoms with Crippen LogP contribution in [0.15, 0.2) is 42.7 Å². The van der Waals surface area contributed by atoms with E-state index in [9.17, 15) is 0 Å². The molecule has 1 aliphatic rings. The predicted octanol–water partition coefficient (Wildman–Crippen LogP) is 3.70. The highest BCUT2D eigenvalue weighted by atomic mass is 16.5. The minimum atomic E-state index is 0.367. The van der Waals surface area contributed by atoms with Crippen molar-refractivity contribution in [3.8, 4) is 17.2 Å². The van der Waals surface area contributed by atoms with Crippen LogP contribution in [0.1, 0.15) is 0 Å². The summed E-state index contributed by atoms with van der Waals surface area (Å²) in [4.78, 5) is 18.9. The molecule has 0 bridgehead atoms. The Morgan fingerprint density at radius 1 is 0.886 bits per heavy atom. The molecule has 5 rings (SSSR count). The third kappa shape index (κ3) is 4.71. The van der Waals surface area contributed by atoms with Crippen molar-refractivity contribution in [2.75, 3.05) is 63.2 Å². The molecule has 0 unspecified atom stereocenters. The van der Waals surface area contributed by atoms with Crippen molar-refractivity contribution in [3.63, 3.8) is 0 Å². The molecule has 4 aromatic rings. The molecule has 0 radical (unpaired) electrons. The lowest BCUT2D eigenvalue weighted by Gasteiger charge is -2.28. The monoisotopic (exact) mass is 477 g/mol. The average Bonchev–Trinajstić information content (AvgIpc) is 3.38. The highest BCUT2D eigenvalue weighted by Crippen LogP contribution is 2.40. The molecule has 182 valence electrons. The van der Waals surface area contributed by atoms with Crippen LogP contribution in [-0.4, -0.2) is 67.6 Å². The summed E-state index contributed by atoms with van der Waals surface area (Å²) in [5.74, 6) is 2.52. The number of H-pyrrole nitrogens is 1. The second-order valence-corrected chi connectivity index (χ2v) is 7.81. The van der Waals surface area contributed by atoms with Gasteiger partial charge in [-0.3, -0.25) is 0 Å². The van der Waals surface area contributed by atoms with Gasteiger partial charge in [-0.15, -0.1) is 0 Å². The first-order valence-corrected chi connectivity index (χ1v) is 11.2. The Labute approximate surface area is 202 Å². The molecule has 3 heterocycles. The minimum absolute atomic E-state index is 0.367. The number of ether oxygens (including phenoxy) is 4. The lowest BCUT2D eigenvalue weighted by molar-refractivity contribution is 0.122. The molecule has 0 saturated carbocycles. The highest BCUT2D eigenvalue weighted by Gasteiger charge is 2.16. The number of hydrogen-bond donors (Lipinski definition) is 3. The number of benzene rings is 2. The third-order valence-corrected chi connectivity index (χ3v) is 5.71. The number of morpholine rings is 1. The number of hydrogen-bond acceptors (Lipinski definition) is 10. The summed E-state index contributed by atoms with van der Waals surface area (Å²) < 4.78 is 21.7. The van der Waals surface area contributed by atoms with E-state index in [4.69, 9.17) is 18.9 Å². The van der Waals surface area contributed by atoms with Gasteiger partial charge in [-0.1, -0.05) is 0 Å². The van der Waals surface area contributed by atoms with E-state index in [0.717, 1.165) is 37.7 Å². The van der Waals surface area contributed by atoms with Gasteiger partial charge in [-0.25, -0.2) is 4.98 Å². The summed E-state index contributed by atoms with van der Waals surface area (Å²) in [6.07, 6.45) is 1.59. The molecule has 2 aromatic carbocycles. The fraction of sp³-hybridized carbons (Fsp3) is 0.292. The van der Waals surface area contributed by atoms with E-state index in [2.05, 4.69) is 47.6 Å². The number of nitrogens with one attached hydrogen (secondary N) is 3. The van der Waals surface area contributed by atoms with Crippen molar-refractivity contribution in [1.82, 2.24) is 19.9 Å². The maximum Gasteiger partial charge on any atom is 0.231 e. The number of nitrogens with zero attached hydrogens (tertiary/aromatic N) is 4. The van der Waals surface area contributed by atoms with Crippen LogP contribution < -0.4 is 29.7 Å². The van der Waals surface area contributed by atoms with Gasteiger partial charge >= 0.3 is 0 Å². The van der Waals surface area contributed by atoms with Crippen LogP contribution in [0, 0.1) is 0 Å². The van der Waals surface area contributed by atoms with Gasteiger partial charge in [0.25, 0.3) is 0 Å². The molecule has 1 aliphatic heterocycles. The number of rotatable bonds is 8. The van der Waals surface area contributed by atoms with Gasteiger partial charge in [0.1, 0.15) is 5.52 Å². The second kappa shape index (κ2) is 9.94. The van der Waals surface area contributed by atoms with Crippen molar-refractivity contribution in [2.45, 2.75) is 0 Å². The Morgan fingerprint density at radius 3 is 2.26 bits per heavy atom. The zero-order valence-corrected chi connectivity index (χ0v) is 19.8. The van der Waals surface area contributed by atoms with Gasteiger partial charge in [-0.05, 0) is 24.3 Å². The summed E-state index contributed by atoms with van der Waals surface area (Å²) >= 11 is 0. The Morgan fingerprint density at radius 2 is 1.60 bits per heavy atom. The molecule has 1 saturated heterocycles.